The number of rotatable bonds is 0. The van der Waals surface area contributed by atoms with Crippen molar-refractivity contribution in [1.29, 1.82) is 0 Å². The maximum absolute atomic E-state index is 11.0. The monoisotopic (exact) mass is 214 g/mol. The Kier molecular flexibility index (Phi) is 2.39. The molecule has 0 aromatic carbocycles. The second-order valence-electron chi connectivity index (χ2n) is 4.74. The van der Waals surface area contributed by atoms with Crippen molar-refractivity contribution in [2.45, 2.75) is 38.6 Å². The minimum Gasteiger partial charge on any atom is -0.465 e. The van der Waals surface area contributed by atoms with Gasteiger partial charge in [0.05, 0.1) is 18.7 Å². The molecule has 2 fully saturated rings. The average molecular weight is 214 g/mol. The maximum atomic E-state index is 11.0. The van der Waals surface area contributed by atoms with E-state index < -0.39 is 6.09 Å². The normalized spacial score (nSPS) is 35.3. The summed E-state index contributed by atoms with van der Waals surface area (Å²) in [5, 5.41) is 9.03. The number of hydrogen-bond donors (Lipinski definition) is 1. The lowest BCUT2D eigenvalue weighted by Gasteiger charge is -2.44. The Hall–Kier alpha value is -0.810. The van der Waals surface area contributed by atoms with Gasteiger partial charge in [0.2, 0.25) is 0 Å². The van der Waals surface area contributed by atoms with Crippen LogP contribution in [0.3, 0.4) is 0 Å². The smallest absolute Gasteiger partial charge is 0.407 e. The first kappa shape index (κ1) is 10.7. The van der Waals surface area contributed by atoms with Gasteiger partial charge in [0.1, 0.15) is 5.72 Å². The molecule has 2 aliphatic heterocycles. The molecular formula is C10H18N2O3. The van der Waals surface area contributed by atoms with Gasteiger partial charge in [-0.25, -0.2) is 4.79 Å². The molecule has 0 radical (unpaired) electrons. The summed E-state index contributed by atoms with van der Waals surface area (Å²) in [6.07, 6.45) is -0.827. The molecule has 2 saturated heterocycles. The van der Waals surface area contributed by atoms with Crippen LogP contribution in [0.4, 0.5) is 4.79 Å². The Balaban J connectivity index is 2.15. The van der Waals surface area contributed by atoms with E-state index in [4.69, 9.17) is 9.84 Å². The summed E-state index contributed by atoms with van der Waals surface area (Å²) in [5.41, 5.74) is -0.247. The van der Waals surface area contributed by atoms with Gasteiger partial charge in [-0.15, -0.1) is 0 Å². The minimum absolute atomic E-state index is 0.0121. The fourth-order valence-electron chi connectivity index (χ4n) is 2.59. The molecule has 2 rings (SSSR count). The lowest BCUT2D eigenvalue weighted by atomic mass is 10.0. The van der Waals surface area contributed by atoms with E-state index in [9.17, 15) is 4.79 Å². The van der Waals surface area contributed by atoms with Crippen molar-refractivity contribution in [3.8, 4) is 0 Å². The second kappa shape index (κ2) is 3.35. The molecule has 0 spiro atoms. The highest BCUT2D eigenvalue weighted by Crippen LogP contribution is 2.32. The highest BCUT2D eigenvalue weighted by Gasteiger charge is 2.47. The van der Waals surface area contributed by atoms with E-state index in [1.54, 1.807) is 0 Å². The van der Waals surface area contributed by atoms with Crippen molar-refractivity contribution in [3.63, 3.8) is 0 Å². The first-order valence-electron chi connectivity index (χ1n) is 5.34. The van der Waals surface area contributed by atoms with Crippen molar-refractivity contribution in [1.82, 2.24) is 9.80 Å². The lowest BCUT2D eigenvalue weighted by Crippen LogP contribution is -2.61. The fraction of sp³-hybridized carbons (Fsp3) is 0.900. The summed E-state index contributed by atoms with van der Waals surface area (Å²) < 4.78 is 5.69. The maximum Gasteiger partial charge on any atom is 0.407 e. The Bertz CT molecular complexity index is 280. The van der Waals surface area contributed by atoms with E-state index in [2.05, 4.69) is 4.90 Å². The van der Waals surface area contributed by atoms with Crippen LogP contribution in [0.1, 0.15) is 20.8 Å². The molecule has 2 unspecified atom stereocenters. The lowest BCUT2D eigenvalue weighted by molar-refractivity contribution is -0.0690. The molecule has 5 heteroatoms. The van der Waals surface area contributed by atoms with Crippen LogP contribution >= 0.6 is 0 Å². The molecule has 1 N–H and O–H groups in total. The molecule has 0 bridgehead atoms. The van der Waals surface area contributed by atoms with E-state index in [0.29, 0.717) is 13.2 Å². The van der Waals surface area contributed by atoms with Crippen LogP contribution in [0.25, 0.3) is 0 Å². The SMILES string of the molecule is CC1C2COC(C)(C)N2CCN1C(=O)O. The van der Waals surface area contributed by atoms with Gasteiger partial charge < -0.3 is 14.7 Å². The van der Waals surface area contributed by atoms with Crippen molar-refractivity contribution in [2.75, 3.05) is 19.7 Å². The first-order chi connectivity index (χ1) is 6.93. The third kappa shape index (κ3) is 1.59. The molecular weight excluding hydrogens is 196 g/mol. The third-order valence-electron chi connectivity index (χ3n) is 3.58. The van der Waals surface area contributed by atoms with Crippen molar-refractivity contribution >= 4 is 6.09 Å². The summed E-state index contributed by atoms with van der Waals surface area (Å²) in [6, 6.07) is 0.211. The molecule has 0 aromatic rings. The number of carbonyl (C=O) groups is 1. The van der Waals surface area contributed by atoms with Crippen LogP contribution in [-0.4, -0.2) is 58.5 Å². The molecule has 0 aliphatic carbocycles. The summed E-state index contributed by atoms with van der Waals surface area (Å²) >= 11 is 0. The van der Waals surface area contributed by atoms with Gasteiger partial charge in [-0.1, -0.05) is 0 Å². The number of hydrogen-bond acceptors (Lipinski definition) is 3. The van der Waals surface area contributed by atoms with Gasteiger partial charge in [-0.05, 0) is 20.8 Å². The molecule has 5 nitrogen and oxygen atoms in total. The van der Waals surface area contributed by atoms with Gasteiger partial charge in [0, 0.05) is 13.1 Å². The van der Waals surface area contributed by atoms with Gasteiger partial charge in [-0.3, -0.25) is 4.90 Å². The topological polar surface area (TPSA) is 53.0 Å². The molecule has 2 heterocycles. The van der Waals surface area contributed by atoms with E-state index in [-0.39, 0.29) is 17.8 Å². The zero-order valence-corrected chi connectivity index (χ0v) is 9.43. The molecule has 0 saturated carbocycles. The average Bonchev–Trinajstić information content (AvgIpc) is 2.43. The summed E-state index contributed by atoms with van der Waals surface area (Å²) in [6.45, 7) is 7.98. The Labute approximate surface area is 89.6 Å². The van der Waals surface area contributed by atoms with E-state index in [0.717, 1.165) is 6.54 Å². The highest BCUT2D eigenvalue weighted by molar-refractivity contribution is 5.65. The molecule has 2 aliphatic rings. The number of ether oxygens (including phenoxy) is 1. The van der Waals surface area contributed by atoms with E-state index in [1.807, 2.05) is 20.8 Å². The number of piperazine rings is 1. The highest BCUT2D eigenvalue weighted by atomic mass is 16.5. The fourth-order valence-corrected chi connectivity index (χ4v) is 2.59. The van der Waals surface area contributed by atoms with Crippen molar-refractivity contribution in [2.24, 2.45) is 0 Å². The molecule has 1 amide bonds. The van der Waals surface area contributed by atoms with Gasteiger partial charge >= 0.3 is 6.09 Å². The Morgan fingerprint density at radius 3 is 2.73 bits per heavy atom. The van der Waals surface area contributed by atoms with Crippen LogP contribution in [0, 0.1) is 0 Å². The van der Waals surface area contributed by atoms with Gasteiger partial charge in [0.15, 0.2) is 0 Å². The largest absolute Gasteiger partial charge is 0.465 e. The van der Waals surface area contributed by atoms with Gasteiger partial charge in [0.25, 0.3) is 0 Å². The van der Waals surface area contributed by atoms with E-state index in [1.165, 1.54) is 4.90 Å². The van der Waals surface area contributed by atoms with Crippen LogP contribution in [0.15, 0.2) is 0 Å². The number of nitrogens with zero attached hydrogens (tertiary/aromatic N) is 2. The molecule has 2 atom stereocenters. The summed E-state index contributed by atoms with van der Waals surface area (Å²) in [7, 11) is 0. The zero-order valence-electron chi connectivity index (χ0n) is 9.43. The van der Waals surface area contributed by atoms with Crippen LogP contribution in [0.2, 0.25) is 0 Å². The van der Waals surface area contributed by atoms with Crippen LogP contribution in [-0.2, 0) is 4.74 Å². The van der Waals surface area contributed by atoms with Gasteiger partial charge in [-0.2, -0.15) is 0 Å². The summed E-state index contributed by atoms with van der Waals surface area (Å²) in [5.74, 6) is 0. The van der Waals surface area contributed by atoms with E-state index >= 15 is 0 Å². The third-order valence-corrected chi connectivity index (χ3v) is 3.58. The van der Waals surface area contributed by atoms with Crippen molar-refractivity contribution in [3.05, 3.63) is 0 Å². The number of carboxylic acid groups (broad SMARTS) is 1. The Morgan fingerprint density at radius 2 is 2.13 bits per heavy atom. The minimum atomic E-state index is -0.827. The Morgan fingerprint density at radius 1 is 1.47 bits per heavy atom. The predicted molar refractivity (Wildman–Crippen MR) is 54.7 cm³/mol. The molecule has 15 heavy (non-hydrogen) atoms. The second-order valence-corrected chi connectivity index (χ2v) is 4.74. The predicted octanol–water partition coefficient (Wildman–Crippen LogP) is 0.805. The number of fused-ring (bicyclic) bond motifs is 1. The van der Waals surface area contributed by atoms with Crippen molar-refractivity contribution < 1.29 is 14.6 Å². The standard InChI is InChI=1S/C10H18N2O3/c1-7-8-6-15-10(2,3)12(8)5-4-11(7)9(13)14/h7-8H,4-6H2,1-3H3,(H,13,14). The van der Waals surface area contributed by atoms with Crippen LogP contribution in [0.5, 0.6) is 0 Å². The molecule has 0 aromatic heterocycles. The van der Waals surface area contributed by atoms with Crippen LogP contribution < -0.4 is 0 Å². The number of amides is 1. The zero-order chi connectivity index (χ0) is 11.2. The first-order valence-corrected chi connectivity index (χ1v) is 5.34. The quantitative estimate of drug-likeness (QED) is 0.648. The molecule has 86 valence electrons. The summed E-state index contributed by atoms with van der Waals surface area (Å²) in [4.78, 5) is 14.7.